The van der Waals surface area contributed by atoms with Crippen molar-refractivity contribution in [3.8, 4) is 11.8 Å². The van der Waals surface area contributed by atoms with Crippen molar-refractivity contribution in [2.75, 3.05) is 18.8 Å². The quantitative estimate of drug-likeness (QED) is 0.665. The molecule has 3 N–H and O–H groups in total. The number of nitrogens with zero attached hydrogens (tertiary/aromatic N) is 2. The van der Waals surface area contributed by atoms with Crippen LogP contribution in [-0.2, 0) is 0 Å². The fraction of sp³-hybridized carbons (Fsp3) is 0.100. The number of anilines is 1. The Bertz CT molecular complexity index is 1040. The van der Waals surface area contributed by atoms with Crippen LogP contribution in [0.2, 0.25) is 5.02 Å². The number of rotatable bonds is 1. The number of fused-ring (bicyclic) bond motifs is 1. The lowest BCUT2D eigenvalue weighted by Gasteiger charge is -2.04. The first-order valence-corrected chi connectivity index (χ1v) is 8.33. The zero-order valence-corrected chi connectivity index (χ0v) is 14.1. The molecular weight excluding hydrogens is 332 g/mol. The van der Waals surface area contributed by atoms with Crippen LogP contribution in [0.25, 0.3) is 10.8 Å². The summed E-state index contributed by atoms with van der Waals surface area (Å²) >= 11 is 6.11. The van der Waals surface area contributed by atoms with Gasteiger partial charge in [-0.15, -0.1) is 0 Å². The minimum absolute atomic E-state index is 0.406. The molecule has 1 aliphatic rings. The molecule has 0 amide bonds. The number of hydrogen-bond donors (Lipinski definition) is 2. The van der Waals surface area contributed by atoms with Crippen LogP contribution in [0.1, 0.15) is 16.7 Å². The molecule has 0 radical (unpaired) electrons. The Morgan fingerprint density at radius 2 is 1.92 bits per heavy atom. The van der Waals surface area contributed by atoms with Gasteiger partial charge in [-0.3, -0.25) is 4.99 Å². The van der Waals surface area contributed by atoms with Gasteiger partial charge in [0.1, 0.15) is 11.7 Å². The summed E-state index contributed by atoms with van der Waals surface area (Å²) in [6, 6.07) is 13.6. The molecule has 0 saturated heterocycles. The van der Waals surface area contributed by atoms with Crippen molar-refractivity contribution < 1.29 is 0 Å². The molecule has 0 bridgehead atoms. The molecule has 0 saturated carbocycles. The Morgan fingerprint density at radius 1 is 1.08 bits per heavy atom. The van der Waals surface area contributed by atoms with Crippen molar-refractivity contribution in [3.63, 3.8) is 0 Å². The number of nitrogens with one attached hydrogen (secondary N) is 1. The number of pyridine rings is 1. The molecule has 0 fully saturated rings. The average molecular weight is 347 g/mol. The van der Waals surface area contributed by atoms with Crippen molar-refractivity contribution in [1.29, 1.82) is 0 Å². The molecule has 2 aromatic carbocycles. The summed E-state index contributed by atoms with van der Waals surface area (Å²) in [4.78, 5) is 8.64. The summed E-state index contributed by atoms with van der Waals surface area (Å²) < 4.78 is 0. The topological polar surface area (TPSA) is 63.3 Å². The highest BCUT2D eigenvalue weighted by atomic mass is 35.5. The van der Waals surface area contributed by atoms with Gasteiger partial charge >= 0.3 is 0 Å². The fourth-order valence-electron chi connectivity index (χ4n) is 2.77. The molecule has 4 rings (SSSR count). The maximum absolute atomic E-state index is 6.11. The lowest BCUT2D eigenvalue weighted by Crippen LogP contribution is -2.19. The van der Waals surface area contributed by atoms with Gasteiger partial charge in [-0.25, -0.2) is 4.98 Å². The van der Waals surface area contributed by atoms with E-state index in [9.17, 15) is 0 Å². The van der Waals surface area contributed by atoms with Gasteiger partial charge < -0.3 is 11.1 Å². The van der Waals surface area contributed by atoms with Gasteiger partial charge in [0, 0.05) is 39.7 Å². The third-order valence-corrected chi connectivity index (χ3v) is 4.28. The monoisotopic (exact) mass is 346 g/mol. The summed E-state index contributed by atoms with van der Waals surface area (Å²) in [6.07, 6.45) is 1.73. The van der Waals surface area contributed by atoms with E-state index in [-0.39, 0.29) is 0 Å². The zero-order valence-electron chi connectivity index (χ0n) is 13.4. The van der Waals surface area contributed by atoms with Crippen molar-refractivity contribution in [2.24, 2.45) is 4.99 Å². The summed E-state index contributed by atoms with van der Waals surface area (Å²) in [6.45, 7) is 1.72. The van der Waals surface area contributed by atoms with Crippen LogP contribution in [0.4, 0.5) is 5.82 Å². The normalized spacial score (nSPS) is 13.1. The molecule has 122 valence electrons. The van der Waals surface area contributed by atoms with Gasteiger partial charge in [0.15, 0.2) is 0 Å². The van der Waals surface area contributed by atoms with E-state index in [1.165, 1.54) is 0 Å². The smallest absolute Gasteiger partial charge is 0.139 e. The Hall–Kier alpha value is -3.03. The summed E-state index contributed by atoms with van der Waals surface area (Å²) in [5.41, 5.74) is 8.70. The van der Waals surface area contributed by atoms with Crippen LogP contribution in [0.5, 0.6) is 0 Å². The number of aliphatic imine (C=N–C) groups is 1. The highest BCUT2D eigenvalue weighted by Gasteiger charge is 2.07. The molecule has 1 aliphatic heterocycles. The van der Waals surface area contributed by atoms with Crippen molar-refractivity contribution in [3.05, 3.63) is 70.4 Å². The van der Waals surface area contributed by atoms with Crippen LogP contribution in [0, 0.1) is 11.8 Å². The van der Waals surface area contributed by atoms with Crippen LogP contribution in [-0.4, -0.2) is 23.9 Å². The first kappa shape index (κ1) is 15.5. The third-order valence-electron chi connectivity index (χ3n) is 4.05. The Morgan fingerprint density at radius 3 is 2.68 bits per heavy atom. The van der Waals surface area contributed by atoms with E-state index in [2.05, 4.69) is 27.1 Å². The van der Waals surface area contributed by atoms with Crippen molar-refractivity contribution >= 4 is 34.0 Å². The first-order chi connectivity index (χ1) is 12.2. The molecule has 0 unspecified atom stereocenters. The highest BCUT2D eigenvalue weighted by Crippen LogP contribution is 2.24. The Balaban J connectivity index is 1.70. The fourth-order valence-corrected chi connectivity index (χ4v) is 2.94. The summed E-state index contributed by atoms with van der Waals surface area (Å²) in [5, 5.41) is 5.78. The minimum atomic E-state index is 0.406. The lowest BCUT2D eigenvalue weighted by atomic mass is 10.1. The Labute approximate surface area is 150 Å². The van der Waals surface area contributed by atoms with Crippen LogP contribution in [0.15, 0.2) is 53.7 Å². The average Bonchev–Trinajstić information content (AvgIpc) is 3.16. The first-order valence-electron chi connectivity index (χ1n) is 7.95. The zero-order chi connectivity index (χ0) is 17.2. The van der Waals surface area contributed by atoms with Crippen LogP contribution >= 0.6 is 11.6 Å². The summed E-state index contributed by atoms with van der Waals surface area (Å²) in [5.74, 6) is 7.65. The van der Waals surface area contributed by atoms with E-state index >= 15 is 0 Å². The van der Waals surface area contributed by atoms with E-state index in [4.69, 9.17) is 17.3 Å². The van der Waals surface area contributed by atoms with Gasteiger partial charge in [0.25, 0.3) is 0 Å². The molecule has 4 nitrogen and oxygen atoms in total. The second kappa shape index (κ2) is 6.46. The number of hydrogen-bond acceptors (Lipinski definition) is 4. The molecule has 0 spiro atoms. The SMILES string of the molecule is Nc1ncc2ccc(Cl)cc2c1C#Cc1ccc(C2=NCCN2)cc1. The van der Waals surface area contributed by atoms with E-state index < -0.39 is 0 Å². The van der Waals surface area contributed by atoms with E-state index in [1.807, 2.05) is 42.5 Å². The molecular formula is C20H15ClN4. The number of aromatic nitrogens is 1. The van der Waals surface area contributed by atoms with Gasteiger partial charge in [0.2, 0.25) is 0 Å². The highest BCUT2D eigenvalue weighted by molar-refractivity contribution is 6.31. The van der Waals surface area contributed by atoms with Gasteiger partial charge in [0.05, 0.1) is 12.1 Å². The second-order valence-electron chi connectivity index (χ2n) is 5.73. The van der Waals surface area contributed by atoms with E-state index in [1.54, 1.807) is 6.20 Å². The molecule has 25 heavy (non-hydrogen) atoms. The van der Waals surface area contributed by atoms with E-state index in [0.717, 1.165) is 40.8 Å². The molecule has 2 heterocycles. The van der Waals surface area contributed by atoms with Gasteiger partial charge in [-0.2, -0.15) is 0 Å². The van der Waals surface area contributed by atoms with Gasteiger partial charge in [-0.1, -0.05) is 41.6 Å². The number of nitrogens with two attached hydrogens (primary N) is 1. The van der Waals surface area contributed by atoms with Gasteiger partial charge in [-0.05, 0) is 24.3 Å². The summed E-state index contributed by atoms with van der Waals surface area (Å²) in [7, 11) is 0. The largest absolute Gasteiger partial charge is 0.383 e. The van der Waals surface area contributed by atoms with Crippen LogP contribution < -0.4 is 11.1 Å². The molecule has 5 heteroatoms. The predicted molar refractivity (Wildman–Crippen MR) is 103 cm³/mol. The minimum Gasteiger partial charge on any atom is -0.383 e. The number of benzene rings is 2. The third kappa shape index (κ3) is 3.15. The number of halogens is 1. The number of amidine groups is 1. The second-order valence-corrected chi connectivity index (χ2v) is 6.17. The molecule has 0 atom stereocenters. The van der Waals surface area contributed by atoms with E-state index in [0.29, 0.717) is 16.4 Å². The standard InChI is InChI=1S/C20H15ClN4/c21-16-7-6-15-12-25-19(22)17(18(15)11-16)8-3-13-1-4-14(5-2-13)20-23-9-10-24-20/h1-2,4-7,11-12H,9-10H2,(H2,22,25)(H,23,24). The van der Waals surface area contributed by atoms with Crippen LogP contribution in [0.3, 0.4) is 0 Å². The molecule has 1 aromatic heterocycles. The Kier molecular flexibility index (Phi) is 4.01. The molecule has 3 aromatic rings. The predicted octanol–water partition coefficient (Wildman–Crippen LogP) is 3.22. The van der Waals surface area contributed by atoms with Crippen molar-refractivity contribution in [2.45, 2.75) is 0 Å². The molecule has 0 aliphatic carbocycles. The maximum atomic E-state index is 6.11. The van der Waals surface area contributed by atoms with Crippen molar-refractivity contribution in [1.82, 2.24) is 10.3 Å². The maximum Gasteiger partial charge on any atom is 0.139 e. The lowest BCUT2D eigenvalue weighted by molar-refractivity contribution is 0.960. The number of nitrogen functional groups attached to an aromatic ring is 1.